The van der Waals surface area contributed by atoms with Crippen LogP contribution in [0.2, 0.25) is 0 Å². The lowest BCUT2D eigenvalue weighted by atomic mass is 10.1. The van der Waals surface area contributed by atoms with Gasteiger partial charge in [0.25, 0.3) is 0 Å². The van der Waals surface area contributed by atoms with Crippen molar-refractivity contribution < 1.29 is 14.0 Å². The average Bonchev–Trinajstić information content (AvgIpc) is 3.39. The number of nitrogens with one attached hydrogen (secondary N) is 1. The van der Waals surface area contributed by atoms with E-state index < -0.39 is 0 Å². The van der Waals surface area contributed by atoms with E-state index in [1.807, 2.05) is 25.1 Å². The molecule has 2 aromatic rings. The number of rotatable bonds is 6. The maximum Gasteiger partial charge on any atom is 0.227 e. The SMILES string of the molecule is CC(CCc1ccco1)NC(=O)C1CC(=O)N(c2ccc3c(c2)CCC3)C1. The number of carbonyl (C=O) groups is 2. The van der Waals surface area contributed by atoms with Gasteiger partial charge in [0.1, 0.15) is 5.76 Å². The number of aryl methyl sites for hydroxylation is 3. The first-order chi connectivity index (χ1) is 13.1. The first-order valence-corrected chi connectivity index (χ1v) is 9.85. The minimum atomic E-state index is -0.281. The van der Waals surface area contributed by atoms with E-state index >= 15 is 0 Å². The fourth-order valence-electron chi connectivity index (χ4n) is 4.11. The summed E-state index contributed by atoms with van der Waals surface area (Å²) in [5.41, 5.74) is 3.67. The minimum absolute atomic E-state index is 0.0287. The fourth-order valence-corrected chi connectivity index (χ4v) is 4.11. The lowest BCUT2D eigenvalue weighted by Crippen LogP contribution is -2.38. The van der Waals surface area contributed by atoms with Gasteiger partial charge in [0.05, 0.1) is 12.2 Å². The van der Waals surface area contributed by atoms with E-state index in [9.17, 15) is 9.59 Å². The molecule has 2 amide bonds. The van der Waals surface area contributed by atoms with Crippen LogP contribution >= 0.6 is 0 Å². The Bertz CT molecular complexity index is 828. The molecule has 5 heteroatoms. The molecule has 1 saturated heterocycles. The summed E-state index contributed by atoms with van der Waals surface area (Å²) in [6.45, 7) is 2.46. The third-order valence-corrected chi connectivity index (χ3v) is 5.68. The van der Waals surface area contributed by atoms with Crippen LogP contribution in [0.1, 0.15) is 43.1 Å². The van der Waals surface area contributed by atoms with Gasteiger partial charge in [0, 0.05) is 31.1 Å². The number of furan rings is 1. The summed E-state index contributed by atoms with van der Waals surface area (Å²) in [5.74, 6) is 0.655. The zero-order valence-corrected chi connectivity index (χ0v) is 15.7. The van der Waals surface area contributed by atoms with Gasteiger partial charge in [0.15, 0.2) is 0 Å². The summed E-state index contributed by atoms with van der Waals surface area (Å²) in [7, 11) is 0. The van der Waals surface area contributed by atoms with E-state index in [0.29, 0.717) is 6.54 Å². The van der Waals surface area contributed by atoms with Gasteiger partial charge in [-0.05, 0) is 68.0 Å². The van der Waals surface area contributed by atoms with E-state index in [2.05, 4.69) is 17.4 Å². The lowest BCUT2D eigenvalue weighted by Gasteiger charge is -2.19. The first-order valence-electron chi connectivity index (χ1n) is 9.85. The largest absolute Gasteiger partial charge is 0.469 e. The van der Waals surface area contributed by atoms with Crippen LogP contribution in [0.4, 0.5) is 5.69 Å². The quantitative estimate of drug-likeness (QED) is 0.854. The van der Waals surface area contributed by atoms with Crippen LogP contribution in [-0.2, 0) is 28.9 Å². The molecule has 142 valence electrons. The molecule has 1 aliphatic heterocycles. The summed E-state index contributed by atoms with van der Waals surface area (Å²) < 4.78 is 5.33. The number of benzene rings is 1. The van der Waals surface area contributed by atoms with Gasteiger partial charge < -0.3 is 14.6 Å². The van der Waals surface area contributed by atoms with E-state index in [4.69, 9.17) is 4.42 Å². The summed E-state index contributed by atoms with van der Waals surface area (Å²) >= 11 is 0. The minimum Gasteiger partial charge on any atom is -0.469 e. The Morgan fingerprint density at radius 1 is 1.30 bits per heavy atom. The molecule has 5 nitrogen and oxygen atoms in total. The Morgan fingerprint density at radius 2 is 2.15 bits per heavy atom. The van der Waals surface area contributed by atoms with Crippen molar-refractivity contribution in [3.8, 4) is 0 Å². The third-order valence-electron chi connectivity index (χ3n) is 5.68. The second kappa shape index (κ2) is 7.59. The number of amides is 2. The van der Waals surface area contributed by atoms with Crippen molar-refractivity contribution in [2.75, 3.05) is 11.4 Å². The van der Waals surface area contributed by atoms with Crippen molar-refractivity contribution in [2.45, 2.75) is 51.5 Å². The summed E-state index contributed by atoms with van der Waals surface area (Å²) in [6.07, 6.45) is 6.96. The van der Waals surface area contributed by atoms with Crippen LogP contribution in [0.5, 0.6) is 0 Å². The van der Waals surface area contributed by atoms with Crippen LogP contribution in [-0.4, -0.2) is 24.4 Å². The standard InChI is InChI=1S/C22H26N2O3/c1-15(7-10-20-6-3-11-27-20)23-22(26)18-13-21(25)24(14-18)19-9-8-16-4-2-5-17(16)12-19/h3,6,8-9,11-12,15,18H,2,4-5,7,10,13-14H2,1H3,(H,23,26). The fraction of sp³-hybridized carbons (Fsp3) is 0.455. The molecule has 1 aromatic heterocycles. The van der Waals surface area contributed by atoms with Gasteiger partial charge in [-0.15, -0.1) is 0 Å². The Balaban J connectivity index is 1.33. The van der Waals surface area contributed by atoms with Crippen LogP contribution in [0.25, 0.3) is 0 Å². The van der Waals surface area contributed by atoms with E-state index in [1.165, 1.54) is 17.5 Å². The summed E-state index contributed by atoms with van der Waals surface area (Å²) in [5, 5.41) is 3.06. The van der Waals surface area contributed by atoms with Crippen molar-refractivity contribution in [2.24, 2.45) is 5.92 Å². The van der Waals surface area contributed by atoms with E-state index in [-0.39, 0.29) is 30.2 Å². The van der Waals surface area contributed by atoms with Crippen LogP contribution in [0, 0.1) is 5.92 Å². The lowest BCUT2D eigenvalue weighted by molar-refractivity contribution is -0.126. The molecule has 2 aliphatic rings. The Morgan fingerprint density at radius 3 is 2.96 bits per heavy atom. The van der Waals surface area contributed by atoms with Gasteiger partial charge in [0.2, 0.25) is 11.8 Å². The van der Waals surface area contributed by atoms with Gasteiger partial charge in [-0.25, -0.2) is 0 Å². The molecule has 1 N–H and O–H groups in total. The molecule has 0 radical (unpaired) electrons. The van der Waals surface area contributed by atoms with Crippen molar-refractivity contribution >= 4 is 17.5 Å². The smallest absolute Gasteiger partial charge is 0.227 e. The predicted molar refractivity (Wildman–Crippen MR) is 104 cm³/mol. The van der Waals surface area contributed by atoms with Gasteiger partial charge in [-0.1, -0.05) is 6.07 Å². The Hall–Kier alpha value is -2.56. The second-order valence-electron chi connectivity index (χ2n) is 7.74. The maximum absolute atomic E-state index is 12.6. The highest BCUT2D eigenvalue weighted by Gasteiger charge is 2.35. The predicted octanol–water partition coefficient (Wildman–Crippen LogP) is 3.26. The summed E-state index contributed by atoms with van der Waals surface area (Å²) in [6, 6.07) is 10.1. The van der Waals surface area contributed by atoms with Gasteiger partial charge in [-0.3, -0.25) is 9.59 Å². The molecule has 1 aliphatic carbocycles. The molecule has 1 fully saturated rings. The summed E-state index contributed by atoms with van der Waals surface area (Å²) in [4.78, 5) is 26.9. The van der Waals surface area contributed by atoms with Crippen LogP contribution < -0.4 is 10.2 Å². The van der Waals surface area contributed by atoms with Crippen molar-refractivity contribution in [3.63, 3.8) is 0 Å². The molecule has 1 aromatic carbocycles. The van der Waals surface area contributed by atoms with Gasteiger partial charge in [-0.2, -0.15) is 0 Å². The Kier molecular flexibility index (Phi) is 5.01. The highest BCUT2D eigenvalue weighted by molar-refractivity contribution is 6.00. The molecule has 0 bridgehead atoms. The molecule has 0 spiro atoms. The number of anilines is 1. The number of carbonyl (C=O) groups excluding carboxylic acids is 2. The molecule has 4 rings (SSSR count). The van der Waals surface area contributed by atoms with Crippen molar-refractivity contribution in [3.05, 3.63) is 53.5 Å². The zero-order valence-electron chi connectivity index (χ0n) is 15.7. The second-order valence-corrected chi connectivity index (χ2v) is 7.74. The molecule has 0 saturated carbocycles. The normalized spacial score (nSPS) is 20.0. The van der Waals surface area contributed by atoms with Crippen LogP contribution in [0.3, 0.4) is 0 Å². The van der Waals surface area contributed by atoms with E-state index in [0.717, 1.165) is 37.1 Å². The van der Waals surface area contributed by atoms with Crippen molar-refractivity contribution in [1.82, 2.24) is 5.32 Å². The molecular weight excluding hydrogens is 340 g/mol. The van der Waals surface area contributed by atoms with Gasteiger partial charge >= 0.3 is 0 Å². The molecular formula is C22H26N2O3. The first kappa shape index (κ1) is 17.8. The van der Waals surface area contributed by atoms with Crippen LogP contribution in [0.15, 0.2) is 41.0 Å². The molecule has 2 unspecified atom stereocenters. The number of nitrogens with zero attached hydrogens (tertiary/aromatic N) is 1. The topological polar surface area (TPSA) is 62.6 Å². The maximum atomic E-state index is 12.6. The third kappa shape index (κ3) is 3.92. The van der Waals surface area contributed by atoms with Crippen molar-refractivity contribution in [1.29, 1.82) is 0 Å². The Labute approximate surface area is 159 Å². The number of fused-ring (bicyclic) bond motifs is 1. The zero-order chi connectivity index (χ0) is 18.8. The van der Waals surface area contributed by atoms with E-state index in [1.54, 1.807) is 11.2 Å². The average molecular weight is 366 g/mol. The monoisotopic (exact) mass is 366 g/mol. The highest BCUT2D eigenvalue weighted by Crippen LogP contribution is 2.30. The molecule has 27 heavy (non-hydrogen) atoms. The number of hydrogen-bond donors (Lipinski definition) is 1. The molecule has 2 atom stereocenters. The molecule has 2 heterocycles. The number of hydrogen-bond acceptors (Lipinski definition) is 3. The highest BCUT2D eigenvalue weighted by atomic mass is 16.3.